The number of ether oxygens (including phenoxy) is 1. The van der Waals surface area contributed by atoms with E-state index in [4.69, 9.17) is 4.74 Å². The Balaban J connectivity index is 1.76. The highest BCUT2D eigenvalue weighted by Crippen LogP contribution is 2.38. The minimum atomic E-state index is -3.88. The van der Waals surface area contributed by atoms with Crippen molar-refractivity contribution in [1.82, 2.24) is 24.0 Å². The quantitative estimate of drug-likeness (QED) is 0.301. The summed E-state index contributed by atoms with van der Waals surface area (Å²) in [6.45, 7) is 3.05. The number of nitrogens with zero attached hydrogens (tertiary/aromatic N) is 6. The van der Waals surface area contributed by atoms with Crippen molar-refractivity contribution in [3.63, 3.8) is 0 Å². The van der Waals surface area contributed by atoms with Crippen molar-refractivity contribution >= 4 is 27.5 Å². The smallest absolute Gasteiger partial charge is 0.284 e. The Hall–Kier alpha value is -2.84. The van der Waals surface area contributed by atoms with E-state index in [0.717, 1.165) is 29.9 Å². The van der Waals surface area contributed by atoms with Gasteiger partial charge >= 0.3 is 0 Å². The highest BCUT2D eigenvalue weighted by molar-refractivity contribution is 7.99. The number of morpholine rings is 1. The lowest BCUT2D eigenvalue weighted by Gasteiger charge is -2.26. The van der Waals surface area contributed by atoms with E-state index in [9.17, 15) is 18.5 Å². The summed E-state index contributed by atoms with van der Waals surface area (Å²) in [6, 6.07) is 13.5. The fourth-order valence-corrected chi connectivity index (χ4v) is 6.45. The van der Waals surface area contributed by atoms with E-state index in [1.807, 2.05) is 53.9 Å². The third kappa shape index (κ3) is 5.30. The predicted octanol–water partition coefficient (Wildman–Crippen LogP) is 3.36. The molecule has 1 aliphatic rings. The molecule has 4 rings (SSSR count). The first kappa shape index (κ1) is 26.2. The molecule has 1 aromatic heterocycles. The minimum absolute atomic E-state index is 0.0249. The number of para-hydroxylation sites is 1. The van der Waals surface area contributed by atoms with E-state index >= 15 is 0 Å². The molecular formula is C23H28N6O5S2. The van der Waals surface area contributed by atoms with Crippen LogP contribution in [-0.2, 0) is 14.8 Å². The predicted molar refractivity (Wildman–Crippen MR) is 135 cm³/mol. The Morgan fingerprint density at radius 2 is 1.83 bits per heavy atom. The molecule has 0 radical (unpaired) electrons. The molecule has 2 heterocycles. The fourth-order valence-electron chi connectivity index (χ4n) is 4.08. The Morgan fingerprint density at radius 3 is 2.44 bits per heavy atom. The molecule has 0 spiro atoms. The molecule has 1 saturated heterocycles. The first-order chi connectivity index (χ1) is 17.2. The number of nitro groups is 1. The fraction of sp³-hybridized carbons (Fsp3) is 0.391. The van der Waals surface area contributed by atoms with Crippen molar-refractivity contribution in [2.45, 2.75) is 34.3 Å². The van der Waals surface area contributed by atoms with Crippen molar-refractivity contribution in [2.75, 3.05) is 40.4 Å². The highest BCUT2D eigenvalue weighted by atomic mass is 32.2. The lowest BCUT2D eigenvalue weighted by atomic mass is 10.2. The number of aromatic nitrogens is 3. The van der Waals surface area contributed by atoms with Crippen LogP contribution in [0.15, 0.2) is 63.5 Å². The Labute approximate surface area is 214 Å². The van der Waals surface area contributed by atoms with Gasteiger partial charge in [-0.05, 0) is 56.5 Å². The molecule has 0 bridgehead atoms. The summed E-state index contributed by atoms with van der Waals surface area (Å²) in [6.07, 6.45) is 0.789. The molecule has 11 nitrogen and oxygen atoms in total. The maximum Gasteiger partial charge on any atom is 0.284 e. The molecule has 36 heavy (non-hydrogen) atoms. The molecule has 1 atom stereocenters. The molecule has 1 aliphatic heterocycles. The van der Waals surface area contributed by atoms with Crippen LogP contribution in [0.25, 0.3) is 5.69 Å². The lowest BCUT2D eigenvalue weighted by molar-refractivity contribution is -0.388. The van der Waals surface area contributed by atoms with Crippen LogP contribution >= 0.6 is 11.8 Å². The van der Waals surface area contributed by atoms with Gasteiger partial charge in [0.15, 0.2) is 5.82 Å². The minimum Gasteiger partial charge on any atom is -0.379 e. The van der Waals surface area contributed by atoms with Gasteiger partial charge in [0, 0.05) is 24.8 Å². The molecule has 0 amide bonds. The zero-order valence-electron chi connectivity index (χ0n) is 20.3. The molecule has 13 heteroatoms. The first-order valence-corrected chi connectivity index (χ1v) is 13.7. The summed E-state index contributed by atoms with van der Waals surface area (Å²) < 4.78 is 34.5. The summed E-state index contributed by atoms with van der Waals surface area (Å²) in [7, 11) is 0.0456. The second-order valence-electron chi connectivity index (χ2n) is 8.40. The molecule has 0 aliphatic carbocycles. The first-order valence-electron chi connectivity index (χ1n) is 11.5. The van der Waals surface area contributed by atoms with Gasteiger partial charge in [0.25, 0.3) is 5.69 Å². The van der Waals surface area contributed by atoms with Gasteiger partial charge in [-0.15, -0.1) is 10.2 Å². The molecule has 192 valence electrons. The Morgan fingerprint density at radius 1 is 1.14 bits per heavy atom. The zero-order chi connectivity index (χ0) is 25.9. The topological polar surface area (TPSA) is 124 Å². The van der Waals surface area contributed by atoms with Crippen molar-refractivity contribution in [1.29, 1.82) is 0 Å². The van der Waals surface area contributed by atoms with Crippen molar-refractivity contribution < 1.29 is 18.1 Å². The van der Waals surface area contributed by atoms with Crippen LogP contribution in [0.5, 0.6) is 0 Å². The largest absolute Gasteiger partial charge is 0.379 e. The van der Waals surface area contributed by atoms with E-state index in [-0.39, 0.29) is 34.6 Å². The number of benzene rings is 2. The number of hydrogen-bond donors (Lipinski definition) is 0. The van der Waals surface area contributed by atoms with E-state index in [1.54, 1.807) is 0 Å². The number of nitro benzene ring substituents is 1. The van der Waals surface area contributed by atoms with Crippen LogP contribution in [0.4, 0.5) is 5.69 Å². The van der Waals surface area contributed by atoms with E-state index < -0.39 is 14.9 Å². The van der Waals surface area contributed by atoms with Crippen molar-refractivity contribution in [3.8, 4) is 5.69 Å². The molecule has 3 aromatic rings. The molecule has 0 saturated carbocycles. The van der Waals surface area contributed by atoms with E-state index in [2.05, 4.69) is 17.1 Å². The van der Waals surface area contributed by atoms with Crippen LogP contribution in [0, 0.1) is 10.1 Å². The number of sulfonamides is 1. The highest BCUT2D eigenvalue weighted by Gasteiger charge is 2.30. The van der Waals surface area contributed by atoms with Crippen molar-refractivity contribution in [2.24, 2.45) is 0 Å². The molecular weight excluding hydrogens is 504 g/mol. The summed E-state index contributed by atoms with van der Waals surface area (Å²) in [4.78, 5) is 13.6. The van der Waals surface area contributed by atoms with E-state index in [1.165, 1.54) is 16.4 Å². The maximum atomic E-state index is 13.1. The number of rotatable bonds is 9. The van der Waals surface area contributed by atoms with Gasteiger partial charge in [-0.1, -0.05) is 25.1 Å². The van der Waals surface area contributed by atoms with Gasteiger partial charge < -0.3 is 4.74 Å². The summed E-state index contributed by atoms with van der Waals surface area (Å²) >= 11 is 1.08. The van der Waals surface area contributed by atoms with Gasteiger partial charge in [-0.3, -0.25) is 19.6 Å². The Kier molecular flexibility index (Phi) is 8.05. The molecule has 1 fully saturated rings. The van der Waals surface area contributed by atoms with Gasteiger partial charge in [-0.2, -0.15) is 4.31 Å². The summed E-state index contributed by atoms with van der Waals surface area (Å²) in [5.74, 6) is 0.713. The average molecular weight is 533 g/mol. The normalized spacial score (nSPS) is 15.8. The second-order valence-corrected chi connectivity index (χ2v) is 11.4. The summed E-state index contributed by atoms with van der Waals surface area (Å²) in [5, 5.41) is 21.2. The monoisotopic (exact) mass is 532 g/mol. The Bertz CT molecular complexity index is 1320. The van der Waals surface area contributed by atoms with Gasteiger partial charge in [-0.25, -0.2) is 8.42 Å². The van der Waals surface area contributed by atoms with Crippen LogP contribution in [-0.4, -0.2) is 77.7 Å². The summed E-state index contributed by atoms with van der Waals surface area (Å²) in [5.41, 5.74) is 0.521. The molecule has 0 N–H and O–H groups in total. The second kappa shape index (κ2) is 11.0. The maximum absolute atomic E-state index is 13.1. The zero-order valence-corrected chi connectivity index (χ0v) is 21.9. The third-order valence-electron chi connectivity index (χ3n) is 5.92. The SMILES string of the molecule is CCC(c1nnc(Sc2ccc(S(=O)(=O)N3CCOCC3)cc2[N+](=O)[O-])n1-c1ccccc1)N(C)C. The lowest BCUT2D eigenvalue weighted by Crippen LogP contribution is -2.40. The van der Waals surface area contributed by atoms with Crippen LogP contribution < -0.4 is 0 Å². The van der Waals surface area contributed by atoms with Gasteiger partial charge in [0.2, 0.25) is 15.2 Å². The average Bonchev–Trinajstić information content (AvgIpc) is 3.28. The van der Waals surface area contributed by atoms with Crippen LogP contribution in [0.2, 0.25) is 0 Å². The van der Waals surface area contributed by atoms with Crippen LogP contribution in [0.1, 0.15) is 25.2 Å². The van der Waals surface area contributed by atoms with E-state index in [0.29, 0.717) is 24.2 Å². The van der Waals surface area contributed by atoms with Crippen molar-refractivity contribution in [3.05, 3.63) is 64.5 Å². The standard InChI is InChI=1S/C23H28N6O5S2/c1-4-19(26(2)3)22-24-25-23(28(22)17-8-6-5-7-9-17)35-21-11-10-18(16-20(21)29(30)31)36(32,33)27-12-14-34-15-13-27/h5-11,16,19H,4,12-15H2,1-3H3. The third-order valence-corrected chi connectivity index (χ3v) is 8.82. The van der Waals surface area contributed by atoms with Gasteiger partial charge in [0.05, 0.1) is 34.0 Å². The molecule has 1 unspecified atom stereocenters. The number of hydrogen-bond acceptors (Lipinski definition) is 9. The van der Waals surface area contributed by atoms with Crippen LogP contribution in [0.3, 0.4) is 0 Å². The van der Waals surface area contributed by atoms with Gasteiger partial charge in [0.1, 0.15) is 0 Å². The molecule has 2 aromatic carbocycles.